The van der Waals surface area contributed by atoms with Gasteiger partial charge in [-0.25, -0.2) is 0 Å². The van der Waals surface area contributed by atoms with Crippen molar-refractivity contribution >= 4 is 0 Å². The molecular formula is C11H16N2O2. The summed E-state index contributed by atoms with van der Waals surface area (Å²) < 4.78 is 10.9. The molecule has 2 atom stereocenters. The minimum atomic E-state index is -0.0902. The summed E-state index contributed by atoms with van der Waals surface area (Å²) in [6.07, 6.45) is 3.63. The summed E-state index contributed by atoms with van der Waals surface area (Å²) >= 11 is 0. The average Bonchev–Trinajstić information content (AvgIpc) is 2.17. The van der Waals surface area contributed by atoms with E-state index in [9.17, 15) is 0 Å². The van der Waals surface area contributed by atoms with Crippen molar-refractivity contribution in [1.29, 1.82) is 0 Å². The maximum atomic E-state index is 5.90. The highest BCUT2D eigenvalue weighted by molar-refractivity contribution is 5.14. The summed E-state index contributed by atoms with van der Waals surface area (Å²) in [5.41, 5.74) is 6.93. The summed E-state index contributed by atoms with van der Waals surface area (Å²) in [5.74, 6) is 0. The Balaban J connectivity index is 2.05. The summed E-state index contributed by atoms with van der Waals surface area (Å²) in [7, 11) is 0. The van der Waals surface area contributed by atoms with Gasteiger partial charge >= 0.3 is 0 Å². The van der Waals surface area contributed by atoms with Crippen molar-refractivity contribution in [3.8, 4) is 0 Å². The summed E-state index contributed by atoms with van der Waals surface area (Å²) in [5, 5.41) is 0. The average molecular weight is 208 g/mol. The number of hydrogen-bond acceptors (Lipinski definition) is 4. The molecule has 2 heterocycles. The lowest BCUT2D eigenvalue weighted by atomic mass is 10.1. The van der Waals surface area contributed by atoms with Gasteiger partial charge in [-0.3, -0.25) is 4.98 Å². The van der Waals surface area contributed by atoms with Crippen molar-refractivity contribution in [3.05, 3.63) is 30.1 Å². The van der Waals surface area contributed by atoms with Crippen LogP contribution >= 0.6 is 0 Å². The first-order valence-corrected chi connectivity index (χ1v) is 5.16. The summed E-state index contributed by atoms with van der Waals surface area (Å²) in [4.78, 5) is 4.07. The van der Waals surface area contributed by atoms with E-state index in [1.165, 1.54) is 0 Å². The number of nitrogens with zero attached hydrogens (tertiary/aromatic N) is 1. The highest BCUT2D eigenvalue weighted by Gasteiger charge is 2.26. The fraction of sp³-hybridized carbons (Fsp3) is 0.545. The van der Waals surface area contributed by atoms with Crippen LogP contribution in [-0.2, 0) is 9.47 Å². The molecule has 0 aliphatic carbocycles. The Morgan fingerprint density at radius 3 is 2.87 bits per heavy atom. The van der Waals surface area contributed by atoms with Crippen LogP contribution in [-0.4, -0.2) is 30.3 Å². The third-order valence-corrected chi connectivity index (χ3v) is 2.44. The standard InChI is InChI=1S/C11H16N2O2/c1-8(12)11(15-10-6-14-7-10)9-3-2-4-13-5-9/h2-5,8,10-11H,6-7,12H2,1H3. The van der Waals surface area contributed by atoms with E-state index in [1.54, 1.807) is 12.4 Å². The third kappa shape index (κ3) is 2.53. The Morgan fingerprint density at radius 1 is 1.60 bits per heavy atom. The lowest BCUT2D eigenvalue weighted by Crippen LogP contribution is -2.40. The van der Waals surface area contributed by atoms with Crippen molar-refractivity contribution in [1.82, 2.24) is 4.98 Å². The van der Waals surface area contributed by atoms with Crippen LogP contribution in [0.4, 0.5) is 0 Å². The van der Waals surface area contributed by atoms with Crippen LogP contribution in [0.1, 0.15) is 18.6 Å². The van der Waals surface area contributed by atoms with E-state index < -0.39 is 0 Å². The summed E-state index contributed by atoms with van der Waals surface area (Å²) in [6, 6.07) is 3.83. The molecule has 0 aromatic carbocycles. The first-order valence-electron chi connectivity index (χ1n) is 5.16. The van der Waals surface area contributed by atoms with Gasteiger partial charge in [0.2, 0.25) is 0 Å². The molecule has 4 nitrogen and oxygen atoms in total. The van der Waals surface area contributed by atoms with E-state index in [4.69, 9.17) is 15.2 Å². The molecule has 1 fully saturated rings. The second-order valence-corrected chi connectivity index (χ2v) is 3.86. The van der Waals surface area contributed by atoms with Crippen molar-refractivity contribution in [2.75, 3.05) is 13.2 Å². The second-order valence-electron chi connectivity index (χ2n) is 3.86. The molecule has 0 spiro atoms. The lowest BCUT2D eigenvalue weighted by molar-refractivity contribution is -0.159. The molecule has 0 bridgehead atoms. The van der Waals surface area contributed by atoms with Crippen LogP contribution in [0.3, 0.4) is 0 Å². The second kappa shape index (κ2) is 4.70. The number of rotatable bonds is 4. The predicted octanol–water partition coefficient (Wildman–Crippen LogP) is 0.885. The van der Waals surface area contributed by atoms with Crippen LogP contribution in [0.25, 0.3) is 0 Å². The maximum Gasteiger partial charge on any atom is 0.105 e. The molecule has 1 saturated heterocycles. The molecule has 15 heavy (non-hydrogen) atoms. The molecule has 0 amide bonds. The van der Waals surface area contributed by atoms with E-state index >= 15 is 0 Å². The smallest absolute Gasteiger partial charge is 0.105 e. The van der Waals surface area contributed by atoms with E-state index in [0.29, 0.717) is 13.2 Å². The molecule has 0 saturated carbocycles. The number of aromatic nitrogens is 1. The van der Waals surface area contributed by atoms with Crippen LogP contribution < -0.4 is 5.73 Å². The van der Waals surface area contributed by atoms with Gasteiger partial charge < -0.3 is 15.2 Å². The Labute approximate surface area is 89.4 Å². The fourth-order valence-corrected chi connectivity index (χ4v) is 1.55. The van der Waals surface area contributed by atoms with E-state index in [0.717, 1.165) is 5.56 Å². The molecule has 4 heteroatoms. The Kier molecular flexibility index (Phi) is 3.30. The SMILES string of the molecule is CC(N)C(OC1COC1)c1cccnc1. The van der Waals surface area contributed by atoms with Gasteiger partial charge in [0.15, 0.2) is 0 Å². The van der Waals surface area contributed by atoms with Crippen molar-refractivity contribution in [3.63, 3.8) is 0 Å². The zero-order valence-electron chi connectivity index (χ0n) is 8.80. The molecule has 2 N–H and O–H groups in total. The molecule has 1 aromatic rings. The minimum absolute atomic E-state index is 0.0465. The largest absolute Gasteiger partial charge is 0.376 e. The highest BCUT2D eigenvalue weighted by Crippen LogP contribution is 2.23. The zero-order chi connectivity index (χ0) is 10.7. The molecule has 1 aliphatic rings. The molecular weight excluding hydrogens is 192 g/mol. The van der Waals surface area contributed by atoms with Gasteiger partial charge in [0.1, 0.15) is 6.10 Å². The molecule has 2 rings (SSSR count). The molecule has 82 valence electrons. The van der Waals surface area contributed by atoms with E-state index in [2.05, 4.69) is 4.98 Å². The minimum Gasteiger partial charge on any atom is -0.376 e. The van der Waals surface area contributed by atoms with Gasteiger partial charge in [-0.05, 0) is 13.0 Å². The van der Waals surface area contributed by atoms with Gasteiger partial charge in [0.25, 0.3) is 0 Å². The molecule has 1 aromatic heterocycles. The van der Waals surface area contributed by atoms with Crippen molar-refractivity contribution in [2.45, 2.75) is 25.2 Å². The van der Waals surface area contributed by atoms with Gasteiger partial charge in [-0.15, -0.1) is 0 Å². The van der Waals surface area contributed by atoms with E-state index in [1.807, 2.05) is 19.1 Å². The lowest BCUT2D eigenvalue weighted by Gasteiger charge is -2.32. The number of ether oxygens (including phenoxy) is 2. The summed E-state index contributed by atoms with van der Waals surface area (Å²) in [6.45, 7) is 3.28. The zero-order valence-corrected chi connectivity index (χ0v) is 8.80. The van der Waals surface area contributed by atoms with Crippen molar-refractivity contribution in [2.24, 2.45) is 5.73 Å². The van der Waals surface area contributed by atoms with Gasteiger partial charge in [0, 0.05) is 24.0 Å². The number of hydrogen-bond donors (Lipinski definition) is 1. The monoisotopic (exact) mass is 208 g/mol. The maximum absolute atomic E-state index is 5.90. The highest BCUT2D eigenvalue weighted by atomic mass is 16.6. The normalized spacial score (nSPS) is 20.7. The third-order valence-electron chi connectivity index (χ3n) is 2.44. The number of pyridine rings is 1. The first-order chi connectivity index (χ1) is 7.27. The van der Waals surface area contributed by atoms with Crippen LogP contribution in [0, 0.1) is 0 Å². The molecule has 0 radical (unpaired) electrons. The first kappa shape index (κ1) is 10.5. The van der Waals surface area contributed by atoms with Crippen LogP contribution in [0.5, 0.6) is 0 Å². The van der Waals surface area contributed by atoms with Crippen LogP contribution in [0.2, 0.25) is 0 Å². The Morgan fingerprint density at radius 2 is 2.40 bits per heavy atom. The molecule has 2 unspecified atom stereocenters. The molecule has 1 aliphatic heterocycles. The number of nitrogens with two attached hydrogens (primary N) is 1. The predicted molar refractivity (Wildman–Crippen MR) is 56.3 cm³/mol. The Hall–Kier alpha value is -0.970. The van der Waals surface area contributed by atoms with Gasteiger partial charge in [-0.2, -0.15) is 0 Å². The van der Waals surface area contributed by atoms with Gasteiger partial charge in [-0.1, -0.05) is 6.07 Å². The van der Waals surface area contributed by atoms with Crippen LogP contribution in [0.15, 0.2) is 24.5 Å². The Bertz CT molecular complexity index is 299. The quantitative estimate of drug-likeness (QED) is 0.798. The van der Waals surface area contributed by atoms with Gasteiger partial charge in [0.05, 0.1) is 19.3 Å². The van der Waals surface area contributed by atoms with E-state index in [-0.39, 0.29) is 18.2 Å². The topological polar surface area (TPSA) is 57.4 Å². The fourth-order valence-electron chi connectivity index (χ4n) is 1.55. The van der Waals surface area contributed by atoms with Crippen molar-refractivity contribution < 1.29 is 9.47 Å².